The Bertz CT molecular complexity index is 1720. The Morgan fingerprint density at radius 3 is 2.71 bits per heavy atom. The Morgan fingerprint density at radius 1 is 1.10 bits per heavy atom. The molecule has 0 radical (unpaired) electrons. The van der Waals surface area contributed by atoms with Crippen LogP contribution < -0.4 is 21.7 Å². The number of aliphatic hydroxyl groups excluding tert-OH is 2. The van der Waals surface area contributed by atoms with Crippen LogP contribution in [0.25, 0.3) is 17.2 Å². The van der Waals surface area contributed by atoms with E-state index in [-0.39, 0.29) is 30.1 Å². The van der Waals surface area contributed by atoms with Gasteiger partial charge in [0.05, 0.1) is 18.5 Å². The molecule has 2 unspecified atom stereocenters. The third kappa shape index (κ3) is 5.06. The molecule has 4 aromatic rings. The van der Waals surface area contributed by atoms with Gasteiger partial charge in [0.2, 0.25) is 5.91 Å². The van der Waals surface area contributed by atoms with Gasteiger partial charge in [-0.2, -0.15) is 0 Å². The highest BCUT2D eigenvalue weighted by atomic mass is 16.3. The van der Waals surface area contributed by atoms with Gasteiger partial charge in [0.1, 0.15) is 17.9 Å². The summed E-state index contributed by atoms with van der Waals surface area (Å²) in [5, 5.41) is 29.7. The molecule has 2 aromatic heterocycles. The van der Waals surface area contributed by atoms with Crippen LogP contribution in [0.5, 0.6) is 0 Å². The molecule has 0 bridgehead atoms. The molecule has 13 heteroatoms. The molecule has 7 N–H and O–H groups in total. The first-order valence-corrected chi connectivity index (χ1v) is 13.4. The Labute approximate surface area is 239 Å². The Kier molecular flexibility index (Phi) is 7.10. The molecule has 4 atom stereocenters. The molecule has 214 valence electrons. The van der Waals surface area contributed by atoms with E-state index in [2.05, 4.69) is 30.9 Å². The van der Waals surface area contributed by atoms with Crippen molar-refractivity contribution in [2.45, 2.75) is 31.2 Å². The second-order valence-electron chi connectivity index (χ2n) is 10.3. The molecule has 3 amide bonds. The van der Waals surface area contributed by atoms with Crippen LogP contribution in [-0.2, 0) is 11.3 Å². The summed E-state index contributed by atoms with van der Waals surface area (Å²) in [6.45, 7) is 0.523. The summed E-state index contributed by atoms with van der Waals surface area (Å²) in [7, 11) is 0. The second kappa shape index (κ2) is 11.0. The highest BCUT2D eigenvalue weighted by Gasteiger charge is 2.43. The number of aromatic nitrogens is 4. The van der Waals surface area contributed by atoms with Crippen LogP contribution in [-0.4, -0.2) is 66.2 Å². The van der Waals surface area contributed by atoms with Gasteiger partial charge in [-0.3, -0.25) is 14.4 Å². The van der Waals surface area contributed by atoms with Crippen molar-refractivity contribution in [1.82, 2.24) is 30.2 Å². The number of hydrogen-bond acceptors (Lipinski definition) is 9. The number of nitrogen functional groups attached to an aromatic ring is 1. The van der Waals surface area contributed by atoms with Crippen LogP contribution in [0, 0.1) is 5.92 Å². The lowest BCUT2D eigenvalue weighted by Crippen LogP contribution is -2.35. The van der Waals surface area contributed by atoms with Gasteiger partial charge < -0.3 is 36.5 Å². The minimum atomic E-state index is -1.08. The second-order valence-corrected chi connectivity index (χ2v) is 10.3. The topological polar surface area (TPSA) is 197 Å². The lowest BCUT2D eigenvalue weighted by atomic mass is 10.1. The van der Waals surface area contributed by atoms with Gasteiger partial charge in [-0.25, -0.2) is 15.0 Å². The number of rotatable bonds is 7. The van der Waals surface area contributed by atoms with Crippen molar-refractivity contribution in [1.29, 1.82) is 0 Å². The summed E-state index contributed by atoms with van der Waals surface area (Å²) in [5.41, 5.74) is 9.77. The lowest BCUT2D eigenvalue weighted by Gasteiger charge is -2.18. The zero-order valence-electron chi connectivity index (χ0n) is 22.3. The predicted molar refractivity (Wildman–Crippen MR) is 153 cm³/mol. The molecule has 2 aliphatic rings. The molecular weight excluding hydrogens is 540 g/mol. The van der Waals surface area contributed by atoms with E-state index in [1.54, 1.807) is 53.1 Å². The zero-order valence-corrected chi connectivity index (χ0v) is 22.3. The Balaban J connectivity index is 1.03. The maximum Gasteiger partial charge on any atom is 0.255 e. The summed E-state index contributed by atoms with van der Waals surface area (Å²) >= 11 is 0. The van der Waals surface area contributed by atoms with Gasteiger partial charge in [-0.15, -0.1) is 0 Å². The number of carbonyl (C=O) groups excluding carboxylic acids is 3. The van der Waals surface area contributed by atoms with Crippen molar-refractivity contribution in [2.24, 2.45) is 5.92 Å². The van der Waals surface area contributed by atoms with Crippen LogP contribution in [0.3, 0.4) is 0 Å². The molecule has 3 heterocycles. The molecule has 0 spiro atoms. The molecule has 13 nitrogen and oxygen atoms in total. The molecule has 2 aromatic carbocycles. The zero-order chi connectivity index (χ0) is 29.4. The fourth-order valence-electron chi connectivity index (χ4n) is 5.46. The van der Waals surface area contributed by atoms with Gasteiger partial charge in [-0.1, -0.05) is 18.2 Å². The molecule has 42 heavy (non-hydrogen) atoms. The molecular formula is C29H28N8O5. The largest absolute Gasteiger partial charge is 0.390 e. The Morgan fingerprint density at radius 2 is 1.90 bits per heavy atom. The van der Waals surface area contributed by atoms with E-state index in [0.717, 1.165) is 5.56 Å². The highest BCUT2D eigenvalue weighted by molar-refractivity contribution is 6.07. The van der Waals surface area contributed by atoms with Crippen LogP contribution in [0.4, 0.5) is 11.5 Å². The maximum absolute atomic E-state index is 12.8. The maximum atomic E-state index is 12.8. The number of imidazole rings is 1. The standard InChI is InChI=1S/C29H28N8O5/c30-26-23-27(34-13-33-26)37(14-35-23)21-10-17(24(39)25(21)40)11-31-22(38)9-6-15-4-7-16(8-5-15)28(41)36-20-3-1-2-18-19(20)12-32-29(18)42/h1-9,13-14,17,21,24-25,39-40H,10-12H2,(H,31,38)(H,32,42)(H,36,41)(H2,30,33,34)/b9-6+/t17?,21?,24-,25+/m1/s1. The van der Waals surface area contributed by atoms with E-state index >= 15 is 0 Å². The first-order chi connectivity index (χ1) is 20.3. The van der Waals surface area contributed by atoms with Crippen molar-refractivity contribution >= 4 is 46.5 Å². The minimum absolute atomic E-state index is 0.158. The van der Waals surface area contributed by atoms with Gasteiger partial charge >= 0.3 is 0 Å². The quantitative estimate of drug-likeness (QED) is 0.176. The van der Waals surface area contributed by atoms with E-state index < -0.39 is 24.2 Å². The molecule has 1 aliphatic heterocycles. The summed E-state index contributed by atoms with van der Waals surface area (Å²) < 4.78 is 1.68. The number of nitrogens with zero attached hydrogens (tertiary/aromatic N) is 4. The van der Waals surface area contributed by atoms with Crippen molar-refractivity contribution < 1.29 is 24.6 Å². The predicted octanol–water partition coefficient (Wildman–Crippen LogP) is 1.02. The van der Waals surface area contributed by atoms with Crippen molar-refractivity contribution in [3.8, 4) is 0 Å². The molecule has 1 saturated carbocycles. The Hall–Kier alpha value is -5.14. The smallest absolute Gasteiger partial charge is 0.255 e. The van der Waals surface area contributed by atoms with Gasteiger partial charge in [0.15, 0.2) is 11.5 Å². The van der Waals surface area contributed by atoms with Crippen LogP contribution in [0.15, 0.2) is 61.2 Å². The average molecular weight is 569 g/mol. The average Bonchev–Trinajstić information content (AvgIpc) is 3.68. The molecule has 0 saturated heterocycles. The number of aliphatic hydroxyl groups is 2. The van der Waals surface area contributed by atoms with Gasteiger partial charge in [-0.05, 0) is 42.3 Å². The summed E-state index contributed by atoms with van der Waals surface area (Å²) in [6.07, 6.45) is 4.08. The van der Waals surface area contributed by atoms with Crippen molar-refractivity contribution in [3.05, 3.63) is 83.4 Å². The van der Waals surface area contributed by atoms with Gasteiger partial charge in [0.25, 0.3) is 11.8 Å². The highest BCUT2D eigenvalue weighted by Crippen LogP contribution is 2.36. The van der Waals surface area contributed by atoms with E-state index in [9.17, 15) is 24.6 Å². The summed E-state index contributed by atoms with van der Waals surface area (Å²) in [4.78, 5) is 49.5. The van der Waals surface area contributed by atoms with Crippen LogP contribution >= 0.6 is 0 Å². The number of hydrogen-bond donors (Lipinski definition) is 6. The number of fused-ring (bicyclic) bond motifs is 2. The minimum Gasteiger partial charge on any atom is -0.390 e. The number of benzene rings is 2. The fraction of sp³-hybridized carbons (Fsp3) is 0.241. The molecule has 1 aliphatic carbocycles. The monoisotopic (exact) mass is 568 g/mol. The van der Waals surface area contributed by atoms with Crippen molar-refractivity contribution in [3.63, 3.8) is 0 Å². The summed E-state index contributed by atoms with van der Waals surface area (Å²) in [5.74, 6) is -1.00. The van der Waals surface area contributed by atoms with Crippen LogP contribution in [0.2, 0.25) is 0 Å². The SMILES string of the molecule is Nc1ncnc2c1ncn2C1CC(CNC(=O)/C=C/c2ccc(C(=O)Nc3cccc4c3CNC4=O)cc2)[C@@H](O)[C@H]1O. The fourth-order valence-corrected chi connectivity index (χ4v) is 5.46. The molecule has 1 fully saturated rings. The van der Waals surface area contributed by atoms with Crippen molar-refractivity contribution in [2.75, 3.05) is 17.6 Å². The normalized spacial score (nSPS) is 21.4. The third-order valence-electron chi connectivity index (χ3n) is 7.75. The first kappa shape index (κ1) is 27.1. The number of nitrogens with one attached hydrogen (secondary N) is 3. The van der Waals surface area contributed by atoms with Gasteiger partial charge in [0, 0.05) is 47.5 Å². The van der Waals surface area contributed by atoms with E-state index in [0.29, 0.717) is 46.5 Å². The third-order valence-corrected chi connectivity index (χ3v) is 7.75. The van der Waals surface area contributed by atoms with E-state index in [1.807, 2.05) is 0 Å². The first-order valence-electron chi connectivity index (χ1n) is 13.4. The molecule has 6 rings (SSSR count). The number of amides is 3. The van der Waals surface area contributed by atoms with Crippen LogP contribution in [0.1, 0.15) is 44.3 Å². The summed E-state index contributed by atoms with van der Waals surface area (Å²) in [6, 6.07) is 11.4. The lowest BCUT2D eigenvalue weighted by molar-refractivity contribution is -0.116. The number of nitrogens with two attached hydrogens (primary N) is 1. The van der Waals surface area contributed by atoms with E-state index in [1.165, 1.54) is 18.7 Å². The number of carbonyl (C=O) groups is 3. The van der Waals surface area contributed by atoms with E-state index in [4.69, 9.17) is 5.73 Å². The number of anilines is 2.